The summed E-state index contributed by atoms with van der Waals surface area (Å²) in [6, 6.07) is -0.986. The number of amides is 1. The molecule has 0 bridgehead atoms. The van der Waals surface area contributed by atoms with Gasteiger partial charge in [-0.15, -0.1) is 0 Å². The molecule has 19 nitrogen and oxygen atoms in total. The van der Waals surface area contributed by atoms with Crippen LogP contribution in [0.2, 0.25) is 0 Å². The van der Waals surface area contributed by atoms with E-state index in [9.17, 15) is 61.0 Å². The topological polar surface area (TPSA) is 307 Å². The molecule has 0 aromatic heterocycles. The van der Waals surface area contributed by atoms with Gasteiger partial charge in [0.1, 0.15) is 73.2 Å². The molecule has 0 saturated carbocycles. The van der Waals surface area contributed by atoms with Gasteiger partial charge in [0.2, 0.25) is 5.91 Å². The molecule has 3 rings (SSSR count). The van der Waals surface area contributed by atoms with Crippen LogP contribution in [0.15, 0.2) is 24.3 Å². The Kier molecular flexibility index (Phi) is 45.6. The first-order valence-corrected chi connectivity index (χ1v) is 34.6. The number of carbonyl (C=O) groups is 1. The van der Waals surface area contributed by atoms with E-state index in [1.165, 1.54) is 193 Å². The van der Waals surface area contributed by atoms with Crippen LogP contribution < -0.4 is 5.32 Å². The number of ether oxygens (including phenoxy) is 6. The van der Waals surface area contributed by atoms with Crippen LogP contribution in [0.5, 0.6) is 0 Å². The van der Waals surface area contributed by atoms with E-state index < -0.39 is 124 Å². The predicted molar refractivity (Wildman–Crippen MR) is 333 cm³/mol. The van der Waals surface area contributed by atoms with Crippen LogP contribution in [-0.2, 0) is 33.2 Å². The minimum atomic E-state index is -1.98. The van der Waals surface area contributed by atoms with Crippen molar-refractivity contribution in [2.24, 2.45) is 0 Å². The fourth-order valence-corrected chi connectivity index (χ4v) is 11.9. The molecule has 17 atom stereocenters. The highest BCUT2D eigenvalue weighted by Gasteiger charge is 2.53. The Morgan fingerprint density at radius 2 is 0.744 bits per heavy atom. The van der Waals surface area contributed by atoms with E-state index in [1.54, 1.807) is 6.08 Å². The summed E-state index contributed by atoms with van der Waals surface area (Å²) in [5, 5.41) is 120. The van der Waals surface area contributed by atoms with Crippen molar-refractivity contribution in [3.63, 3.8) is 0 Å². The van der Waals surface area contributed by atoms with Crippen molar-refractivity contribution in [3.8, 4) is 0 Å². The van der Waals surface area contributed by atoms with Gasteiger partial charge in [0, 0.05) is 6.42 Å². The number of rotatable bonds is 53. The minimum Gasteiger partial charge on any atom is -0.394 e. The van der Waals surface area contributed by atoms with Crippen molar-refractivity contribution in [1.82, 2.24) is 5.32 Å². The number of carbonyl (C=O) groups excluding carboxylic acids is 1. The number of hydrogen-bond donors (Lipinski definition) is 12. The maximum atomic E-state index is 13.4. The first-order chi connectivity index (χ1) is 41.8. The van der Waals surface area contributed by atoms with E-state index in [0.29, 0.717) is 12.8 Å². The molecule has 19 heteroatoms. The van der Waals surface area contributed by atoms with Gasteiger partial charge in [-0.25, -0.2) is 0 Å². The quantitative estimate of drug-likeness (QED) is 0.0200. The molecular formula is C67H125NO18. The van der Waals surface area contributed by atoms with Crippen LogP contribution in [0, 0.1) is 0 Å². The van der Waals surface area contributed by atoms with Gasteiger partial charge in [-0.2, -0.15) is 0 Å². The maximum absolute atomic E-state index is 13.4. The number of aliphatic hydroxyl groups is 11. The summed E-state index contributed by atoms with van der Waals surface area (Å²) >= 11 is 0. The summed E-state index contributed by atoms with van der Waals surface area (Å²) in [6.07, 6.45) is 28.7. The third kappa shape index (κ3) is 32.0. The zero-order valence-corrected chi connectivity index (χ0v) is 53.3. The van der Waals surface area contributed by atoms with Gasteiger partial charge < -0.3 is 89.9 Å². The SMILES string of the molecule is CCCCCCCCCCCCC/C=C/CC/C=C/C(O)C(COC1OC(CO)C(OC2OC(CO)C(OC3OC(CO)C(O)C(O)C3O)C(O)C2O)C(O)C1O)NC(=O)CCCCCCCCCCCCCCCCCCCCCCCCCC. The van der Waals surface area contributed by atoms with Crippen molar-refractivity contribution >= 4 is 5.91 Å². The first kappa shape index (κ1) is 78.5. The lowest BCUT2D eigenvalue weighted by Crippen LogP contribution is -2.66. The maximum Gasteiger partial charge on any atom is 0.220 e. The predicted octanol–water partition coefficient (Wildman–Crippen LogP) is 8.66. The van der Waals surface area contributed by atoms with Crippen LogP contribution in [0.25, 0.3) is 0 Å². The van der Waals surface area contributed by atoms with E-state index in [-0.39, 0.29) is 18.9 Å². The van der Waals surface area contributed by atoms with Crippen molar-refractivity contribution in [3.05, 3.63) is 24.3 Å². The normalized spacial score (nSPS) is 28.9. The molecule has 3 heterocycles. The summed E-state index contributed by atoms with van der Waals surface area (Å²) < 4.78 is 34.3. The van der Waals surface area contributed by atoms with Gasteiger partial charge in [0.15, 0.2) is 18.9 Å². The minimum absolute atomic E-state index is 0.241. The number of hydrogen-bond acceptors (Lipinski definition) is 18. The van der Waals surface area contributed by atoms with Crippen LogP contribution in [0.3, 0.4) is 0 Å². The standard InChI is InChI=1S/C67H125NO18/c1-3-5-7-9-11-13-15-17-19-21-22-23-24-25-26-27-29-31-33-35-37-39-41-43-45-55(73)68-50(51(72)44-42-40-38-36-34-32-30-28-20-18-16-14-12-10-8-6-4-2)49-81-65-61(79)58(76)63(53(47-70)83-65)86-67-62(80)59(77)64(54(48-71)84-67)85-66-60(78)57(75)56(74)52(46-69)82-66/h34,36,42,44,50-54,56-67,69-72,74-80H,3-33,35,37-41,43,45-49H2,1-2H3,(H,68,73)/b36-34+,44-42+. The average Bonchev–Trinajstić information content (AvgIpc) is 2.23. The van der Waals surface area contributed by atoms with E-state index in [1.807, 2.05) is 6.08 Å². The van der Waals surface area contributed by atoms with Crippen LogP contribution in [0.4, 0.5) is 0 Å². The average molecular weight is 1230 g/mol. The van der Waals surface area contributed by atoms with Crippen LogP contribution in [-0.4, -0.2) is 193 Å². The molecule has 3 aliphatic heterocycles. The van der Waals surface area contributed by atoms with Crippen molar-refractivity contribution < 1.29 is 89.4 Å². The lowest BCUT2D eigenvalue weighted by molar-refractivity contribution is -0.379. The third-order valence-electron chi connectivity index (χ3n) is 17.5. The van der Waals surface area contributed by atoms with Crippen LogP contribution >= 0.6 is 0 Å². The van der Waals surface area contributed by atoms with Crippen LogP contribution in [0.1, 0.15) is 264 Å². The van der Waals surface area contributed by atoms with Crippen molar-refractivity contribution in [2.45, 2.75) is 369 Å². The summed E-state index contributed by atoms with van der Waals surface area (Å²) in [5.74, 6) is -0.280. The highest BCUT2D eigenvalue weighted by Crippen LogP contribution is 2.33. The molecule has 0 aromatic rings. The molecule has 0 radical (unpaired) electrons. The molecule has 1 amide bonds. The largest absolute Gasteiger partial charge is 0.394 e. The molecule has 506 valence electrons. The van der Waals surface area contributed by atoms with Gasteiger partial charge in [-0.1, -0.05) is 250 Å². The van der Waals surface area contributed by atoms with E-state index in [2.05, 4.69) is 31.3 Å². The molecule has 3 fully saturated rings. The molecule has 3 aliphatic rings. The zero-order chi connectivity index (χ0) is 62.6. The Bertz CT molecular complexity index is 1660. The van der Waals surface area contributed by atoms with Gasteiger partial charge in [-0.05, 0) is 32.1 Å². The molecule has 86 heavy (non-hydrogen) atoms. The summed E-state index contributed by atoms with van der Waals surface area (Å²) in [5.41, 5.74) is 0. The first-order valence-electron chi connectivity index (χ1n) is 34.6. The molecule has 12 N–H and O–H groups in total. The number of allylic oxidation sites excluding steroid dienone is 3. The Morgan fingerprint density at radius 1 is 0.407 bits per heavy atom. The summed E-state index contributed by atoms with van der Waals surface area (Å²) in [7, 11) is 0. The molecule has 0 aliphatic carbocycles. The van der Waals surface area contributed by atoms with Crippen molar-refractivity contribution in [1.29, 1.82) is 0 Å². The monoisotopic (exact) mass is 1230 g/mol. The van der Waals surface area contributed by atoms with E-state index in [4.69, 9.17) is 28.4 Å². The molecule has 0 aromatic carbocycles. The zero-order valence-electron chi connectivity index (χ0n) is 53.3. The Morgan fingerprint density at radius 3 is 1.16 bits per heavy atom. The van der Waals surface area contributed by atoms with Gasteiger partial charge >= 0.3 is 0 Å². The number of aliphatic hydroxyl groups excluding tert-OH is 11. The molecule has 17 unspecified atom stereocenters. The van der Waals surface area contributed by atoms with Gasteiger partial charge in [0.25, 0.3) is 0 Å². The molecular weight excluding hydrogens is 1110 g/mol. The van der Waals surface area contributed by atoms with E-state index in [0.717, 1.165) is 38.5 Å². The lowest BCUT2D eigenvalue weighted by atomic mass is 9.96. The fraction of sp³-hybridized carbons (Fsp3) is 0.925. The highest BCUT2D eigenvalue weighted by molar-refractivity contribution is 5.76. The summed E-state index contributed by atoms with van der Waals surface area (Å²) in [4.78, 5) is 13.4. The van der Waals surface area contributed by atoms with Crippen molar-refractivity contribution in [2.75, 3.05) is 26.4 Å². The fourth-order valence-electron chi connectivity index (χ4n) is 11.9. The number of unbranched alkanes of at least 4 members (excludes halogenated alkanes) is 35. The second kappa shape index (κ2) is 49.9. The number of nitrogens with one attached hydrogen (secondary N) is 1. The smallest absolute Gasteiger partial charge is 0.220 e. The van der Waals surface area contributed by atoms with Gasteiger partial charge in [0.05, 0.1) is 38.6 Å². The lowest BCUT2D eigenvalue weighted by Gasteiger charge is -2.48. The summed E-state index contributed by atoms with van der Waals surface area (Å²) in [6.45, 7) is 1.74. The Labute approximate surface area is 518 Å². The highest BCUT2D eigenvalue weighted by atomic mass is 16.8. The molecule has 0 spiro atoms. The second-order valence-electron chi connectivity index (χ2n) is 25.0. The Balaban J connectivity index is 1.44. The Hall–Kier alpha value is -1.73. The third-order valence-corrected chi connectivity index (χ3v) is 17.5. The van der Waals surface area contributed by atoms with Gasteiger partial charge in [-0.3, -0.25) is 4.79 Å². The molecule has 3 saturated heterocycles. The second-order valence-corrected chi connectivity index (χ2v) is 25.0. The van der Waals surface area contributed by atoms with E-state index >= 15 is 0 Å².